The maximum Gasteiger partial charge on any atom is 0.274 e. The first kappa shape index (κ1) is 12.6. The van der Waals surface area contributed by atoms with Gasteiger partial charge in [-0.1, -0.05) is 17.7 Å². The van der Waals surface area contributed by atoms with Gasteiger partial charge in [0.15, 0.2) is 0 Å². The minimum absolute atomic E-state index is 0.117. The number of benzene rings is 1. The molecule has 0 radical (unpaired) electrons. The van der Waals surface area contributed by atoms with Crippen molar-refractivity contribution in [2.24, 2.45) is 0 Å². The summed E-state index contributed by atoms with van der Waals surface area (Å²) in [4.78, 5) is 19.4. The van der Waals surface area contributed by atoms with Gasteiger partial charge in [-0.3, -0.25) is 4.79 Å². The molecule has 0 amide bonds. The number of nitrogens with zero attached hydrogens (tertiary/aromatic N) is 1. The summed E-state index contributed by atoms with van der Waals surface area (Å²) in [6.45, 7) is 9.87. The quantitative estimate of drug-likeness (QED) is 0.835. The Morgan fingerprint density at radius 1 is 1.00 bits per heavy atom. The topological polar surface area (TPSA) is 45.8 Å². The van der Waals surface area contributed by atoms with E-state index >= 15 is 0 Å². The second-order valence-corrected chi connectivity index (χ2v) is 4.90. The van der Waals surface area contributed by atoms with Crippen LogP contribution in [0.4, 0.5) is 0 Å². The zero-order chi connectivity index (χ0) is 13.4. The largest absolute Gasteiger partial charge is 0.323 e. The third kappa shape index (κ3) is 2.08. The molecule has 0 aliphatic carbocycles. The molecule has 1 heterocycles. The molecule has 18 heavy (non-hydrogen) atoms. The summed E-state index contributed by atoms with van der Waals surface area (Å²) in [5.41, 5.74) is 6.43. The first-order valence-corrected chi connectivity index (χ1v) is 6.06. The number of aromatic amines is 1. The van der Waals surface area contributed by atoms with Crippen LogP contribution < -0.4 is 5.56 Å². The second kappa shape index (κ2) is 4.41. The van der Waals surface area contributed by atoms with Gasteiger partial charge in [0.2, 0.25) is 0 Å². The van der Waals surface area contributed by atoms with E-state index in [-0.39, 0.29) is 5.56 Å². The second-order valence-electron chi connectivity index (χ2n) is 4.90. The Hall–Kier alpha value is -1.90. The molecule has 1 N–H and O–H groups in total. The molecule has 1 aromatic carbocycles. The average molecular weight is 242 g/mol. The summed E-state index contributed by atoms with van der Waals surface area (Å²) in [6, 6.07) is 4.16. The molecular weight excluding hydrogens is 224 g/mol. The van der Waals surface area contributed by atoms with Gasteiger partial charge in [-0.25, -0.2) is 4.98 Å². The molecule has 0 aliphatic rings. The Morgan fingerprint density at radius 2 is 1.56 bits per heavy atom. The van der Waals surface area contributed by atoms with Crippen molar-refractivity contribution < 1.29 is 0 Å². The number of H-pyrrole nitrogens is 1. The lowest BCUT2D eigenvalue weighted by molar-refractivity contribution is 1.01. The van der Waals surface area contributed by atoms with Crippen LogP contribution in [0.25, 0.3) is 11.3 Å². The summed E-state index contributed by atoms with van der Waals surface area (Å²) in [7, 11) is 0. The van der Waals surface area contributed by atoms with Crippen LogP contribution in [0.5, 0.6) is 0 Å². The Morgan fingerprint density at radius 3 is 2.11 bits per heavy atom. The van der Waals surface area contributed by atoms with Crippen LogP contribution in [-0.2, 0) is 0 Å². The van der Waals surface area contributed by atoms with Crippen molar-refractivity contribution >= 4 is 0 Å². The van der Waals surface area contributed by atoms with E-state index in [9.17, 15) is 4.79 Å². The fourth-order valence-corrected chi connectivity index (χ4v) is 2.35. The molecule has 0 unspecified atom stereocenters. The Kier molecular flexibility index (Phi) is 3.07. The molecule has 0 saturated heterocycles. The van der Waals surface area contributed by atoms with Gasteiger partial charge < -0.3 is 4.98 Å². The molecule has 0 atom stereocenters. The van der Waals surface area contributed by atoms with Crippen molar-refractivity contribution in [1.82, 2.24) is 9.97 Å². The van der Waals surface area contributed by atoms with E-state index in [0.29, 0.717) is 5.69 Å². The third-order valence-corrected chi connectivity index (χ3v) is 3.25. The molecule has 3 nitrogen and oxygen atoms in total. The Balaban J connectivity index is 2.78. The van der Waals surface area contributed by atoms with Gasteiger partial charge in [-0.05, 0) is 45.7 Å². The zero-order valence-electron chi connectivity index (χ0n) is 11.5. The molecule has 0 aliphatic heterocycles. The molecule has 2 aromatic rings. The smallest absolute Gasteiger partial charge is 0.274 e. The number of aromatic nitrogens is 2. The molecule has 0 fully saturated rings. The number of nitrogens with one attached hydrogen (secondary N) is 1. The molecule has 94 valence electrons. The molecule has 3 heteroatoms. The van der Waals surface area contributed by atoms with Crippen molar-refractivity contribution in [1.29, 1.82) is 0 Å². The van der Waals surface area contributed by atoms with Gasteiger partial charge in [-0.15, -0.1) is 0 Å². The Labute approximate surface area is 107 Å². The van der Waals surface area contributed by atoms with Gasteiger partial charge in [-0.2, -0.15) is 0 Å². The Bertz CT molecular complexity index is 646. The van der Waals surface area contributed by atoms with E-state index in [1.54, 1.807) is 0 Å². The van der Waals surface area contributed by atoms with Crippen LogP contribution in [0, 0.1) is 34.6 Å². The van der Waals surface area contributed by atoms with E-state index in [2.05, 4.69) is 29.0 Å². The molecule has 0 saturated carbocycles. The minimum atomic E-state index is -0.117. The summed E-state index contributed by atoms with van der Waals surface area (Å²) < 4.78 is 0. The van der Waals surface area contributed by atoms with E-state index in [1.807, 2.05) is 27.7 Å². The van der Waals surface area contributed by atoms with Gasteiger partial charge >= 0.3 is 0 Å². The highest BCUT2D eigenvalue weighted by Crippen LogP contribution is 2.24. The van der Waals surface area contributed by atoms with Gasteiger partial charge in [0, 0.05) is 11.3 Å². The van der Waals surface area contributed by atoms with Crippen molar-refractivity contribution in [2.45, 2.75) is 34.6 Å². The van der Waals surface area contributed by atoms with Crippen LogP contribution in [0.1, 0.15) is 28.1 Å². The highest BCUT2D eigenvalue weighted by atomic mass is 16.1. The highest BCUT2D eigenvalue weighted by molar-refractivity contribution is 5.67. The van der Waals surface area contributed by atoms with Crippen LogP contribution >= 0.6 is 0 Å². The number of hydrogen-bond acceptors (Lipinski definition) is 2. The van der Waals surface area contributed by atoms with Crippen LogP contribution in [0.15, 0.2) is 16.9 Å². The number of hydrogen-bond donors (Lipinski definition) is 1. The summed E-state index contributed by atoms with van der Waals surface area (Å²) in [5.74, 6) is 0. The molecule has 0 spiro atoms. The lowest BCUT2D eigenvalue weighted by Crippen LogP contribution is -2.15. The van der Waals surface area contributed by atoms with Crippen LogP contribution in [-0.4, -0.2) is 9.97 Å². The fraction of sp³-hybridized carbons (Fsp3) is 0.333. The number of rotatable bonds is 1. The van der Waals surface area contributed by atoms with E-state index in [1.165, 1.54) is 5.56 Å². The molecule has 1 aromatic heterocycles. The predicted octanol–water partition coefficient (Wildman–Crippen LogP) is 2.98. The average Bonchev–Trinajstić information content (AvgIpc) is 2.24. The van der Waals surface area contributed by atoms with E-state index in [0.717, 1.165) is 28.1 Å². The van der Waals surface area contributed by atoms with E-state index < -0.39 is 0 Å². The van der Waals surface area contributed by atoms with Crippen LogP contribution in [0.2, 0.25) is 0 Å². The first-order valence-electron chi connectivity index (χ1n) is 6.06. The summed E-state index contributed by atoms with van der Waals surface area (Å²) in [6.07, 6.45) is 0. The maximum atomic E-state index is 12.1. The lowest BCUT2D eigenvalue weighted by Gasteiger charge is -2.11. The number of aryl methyl sites for hydroxylation is 5. The van der Waals surface area contributed by atoms with Crippen LogP contribution in [0.3, 0.4) is 0 Å². The van der Waals surface area contributed by atoms with Gasteiger partial charge in [0.05, 0.1) is 5.69 Å². The standard InChI is InChI=1S/C15H18N2O/c1-8-6-9(2)13(10(3)7-8)14-15(18)17-12(5)11(4)16-14/h6-7H,1-5H3,(H,17,18). The monoisotopic (exact) mass is 242 g/mol. The zero-order valence-corrected chi connectivity index (χ0v) is 11.5. The van der Waals surface area contributed by atoms with Crippen molar-refractivity contribution in [3.8, 4) is 11.3 Å². The normalized spacial score (nSPS) is 10.7. The minimum Gasteiger partial charge on any atom is -0.323 e. The molecule has 0 bridgehead atoms. The fourth-order valence-electron chi connectivity index (χ4n) is 2.35. The molecule has 2 rings (SSSR count). The highest BCUT2D eigenvalue weighted by Gasteiger charge is 2.13. The van der Waals surface area contributed by atoms with E-state index in [4.69, 9.17) is 0 Å². The summed E-state index contributed by atoms with van der Waals surface area (Å²) in [5, 5.41) is 0. The van der Waals surface area contributed by atoms with Gasteiger partial charge in [0.25, 0.3) is 5.56 Å². The summed E-state index contributed by atoms with van der Waals surface area (Å²) >= 11 is 0. The maximum absolute atomic E-state index is 12.1. The first-order chi connectivity index (χ1) is 8.40. The predicted molar refractivity (Wildman–Crippen MR) is 74.0 cm³/mol. The van der Waals surface area contributed by atoms with Crippen molar-refractivity contribution in [3.63, 3.8) is 0 Å². The van der Waals surface area contributed by atoms with Crippen molar-refractivity contribution in [3.05, 3.63) is 50.6 Å². The lowest BCUT2D eigenvalue weighted by atomic mass is 9.97. The van der Waals surface area contributed by atoms with Crippen molar-refractivity contribution in [2.75, 3.05) is 0 Å². The molecular formula is C15H18N2O. The SMILES string of the molecule is Cc1cc(C)c(-c2nc(C)c(C)[nH]c2=O)c(C)c1. The third-order valence-electron chi connectivity index (χ3n) is 3.25. The van der Waals surface area contributed by atoms with Gasteiger partial charge in [0.1, 0.15) is 5.69 Å².